The maximum Gasteiger partial charge on any atom is 0.311 e. The number of benzene rings is 1. The molecule has 1 heterocycles. The highest BCUT2D eigenvalue weighted by Crippen LogP contribution is 2.27. The van der Waals surface area contributed by atoms with E-state index in [-0.39, 0.29) is 22.4 Å². The number of hydrogen-bond donors (Lipinski definition) is 1. The van der Waals surface area contributed by atoms with Gasteiger partial charge in [0.2, 0.25) is 0 Å². The summed E-state index contributed by atoms with van der Waals surface area (Å²) in [5, 5.41) is 13.6. The Labute approximate surface area is 123 Å². The highest BCUT2D eigenvalue weighted by Gasteiger charge is 2.30. The van der Waals surface area contributed by atoms with Crippen LogP contribution in [0.1, 0.15) is 18.4 Å². The van der Waals surface area contributed by atoms with Crippen LogP contribution < -0.4 is 10.1 Å². The lowest BCUT2D eigenvalue weighted by Gasteiger charge is -2.11. The number of nitrogens with one attached hydrogen (secondary N) is 1. The molecule has 1 aliphatic rings. The number of nitrogens with zero attached hydrogens (tertiary/aromatic N) is 1. The van der Waals surface area contributed by atoms with E-state index in [1.165, 1.54) is 13.2 Å². The number of hydrogen-bond acceptors (Lipinski definition) is 6. The van der Waals surface area contributed by atoms with Crippen LogP contribution in [0.4, 0.5) is 5.69 Å². The van der Waals surface area contributed by atoms with E-state index in [9.17, 15) is 18.5 Å². The van der Waals surface area contributed by atoms with Crippen LogP contribution in [0.2, 0.25) is 0 Å². The van der Waals surface area contributed by atoms with Crippen molar-refractivity contribution in [3.8, 4) is 5.75 Å². The SMILES string of the molecule is COc1ccc(CNCC2CCCS2(=O)=O)cc1[N+](=O)[O-]. The van der Waals surface area contributed by atoms with Gasteiger partial charge in [-0.25, -0.2) is 8.42 Å². The van der Waals surface area contributed by atoms with Gasteiger partial charge in [0, 0.05) is 19.2 Å². The van der Waals surface area contributed by atoms with Gasteiger partial charge in [-0.1, -0.05) is 6.07 Å². The maximum absolute atomic E-state index is 11.7. The molecule has 7 nitrogen and oxygen atoms in total. The Balaban J connectivity index is 1.98. The summed E-state index contributed by atoms with van der Waals surface area (Å²) in [6, 6.07) is 4.71. The molecule has 0 bridgehead atoms. The number of sulfone groups is 1. The molecule has 1 N–H and O–H groups in total. The molecule has 116 valence electrons. The third-order valence-corrected chi connectivity index (χ3v) is 5.88. The first-order valence-electron chi connectivity index (χ1n) is 6.67. The summed E-state index contributed by atoms with van der Waals surface area (Å²) in [6.07, 6.45) is 1.39. The van der Waals surface area contributed by atoms with Crippen LogP contribution in [0.15, 0.2) is 18.2 Å². The molecule has 21 heavy (non-hydrogen) atoms. The van der Waals surface area contributed by atoms with Crippen molar-refractivity contribution in [1.29, 1.82) is 0 Å². The van der Waals surface area contributed by atoms with Gasteiger partial charge in [0.05, 0.1) is 23.0 Å². The Morgan fingerprint density at radius 3 is 2.81 bits per heavy atom. The van der Waals surface area contributed by atoms with E-state index >= 15 is 0 Å². The molecule has 0 amide bonds. The second-order valence-electron chi connectivity index (χ2n) is 5.03. The molecule has 1 unspecified atom stereocenters. The fourth-order valence-corrected chi connectivity index (χ4v) is 4.25. The number of rotatable bonds is 6. The lowest BCUT2D eigenvalue weighted by Crippen LogP contribution is -2.30. The molecule has 0 spiro atoms. The van der Waals surface area contributed by atoms with Gasteiger partial charge in [-0.3, -0.25) is 10.1 Å². The van der Waals surface area contributed by atoms with E-state index in [1.54, 1.807) is 12.1 Å². The predicted octanol–water partition coefficient (Wildman–Crippen LogP) is 1.27. The third kappa shape index (κ3) is 3.70. The molecule has 2 rings (SSSR count). The average Bonchev–Trinajstić information content (AvgIpc) is 2.78. The van der Waals surface area contributed by atoms with Gasteiger partial charge in [-0.05, 0) is 24.5 Å². The molecular weight excluding hydrogens is 296 g/mol. The van der Waals surface area contributed by atoms with E-state index in [1.807, 2.05) is 0 Å². The van der Waals surface area contributed by atoms with Crippen molar-refractivity contribution in [1.82, 2.24) is 5.32 Å². The second kappa shape index (κ2) is 6.40. The van der Waals surface area contributed by atoms with E-state index in [0.29, 0.717) is 25.9 Å². The Bertz CT molecular complexity index is 629. The van der Waals surface area contributed by atoms with Gasteiger partial charge in [-0.2, -0.15) is 0 Å². The molecule has 1 fully saturated rings. The van der Waals surface area contributed by atoms with Gasteiger partial charge in [0.15, 0.2) is 15.6 Å². The van der Waals surface area contributed by atoms with E-state index in [0.717, 1.165) is 5.56 Å². The quantitative estimate of drug-likeness (QED) is 0.627. The smallest absolute Gasteiger partial charge is 0.311 e. The predicted molar refractivity (Wildman–Crippen MR) is 78.2 cm³/mol. The number of ether oxygens (including phenoxy) is 1. The molecule has 1 aromatic carbocycles. The minimum atomic E-state index is -2.96. The van der Waals surface area contributed by atoms with Crippen LogP contribution in [0.25, 0.3) is 0 Å². The Kier molecular flexibility index (Phi) is 4.79. The standard InChI is InChI=1S/C13H18N2O5S/c1-20-13-5-4-10(7-12(13)15(16)17)8-14-9-11-3-2-6-21(11,18)19/h4-5,7,11,14H,2-3,6,8-9H2,1H3. The van der Waals surface area contributed by atoms with Gasteiger partial charge in [-0.15, -0.1) is 0 Å². The topological polar surface area (TPSA) is 98.5 Å². The molecule has 0 saturated carbocycles. The molecule has 0 radical (unpaired) electrons. The first-order valence-corrected chi connectivity index (χ1v) is 8.39. The molecule has 0 aliphatic carbocycles. The summed E-state index contributed by atoms with van der Waals surface area (Å²) in [5.74, 6) is 0.468. The fourth-order valence-electron chi connectivity index (χ4n) is 2.45. The van der Waals surface area contributed by atoms with Gasteiger partial charge in [0.1, 0.15) is 0 Å². The monoisotopic (exact) mass is 314 g/mol. The zero-order valence-corrected chi connectivity index (χ0v) is 12.6. The van der Waals surface area contributed by atoms with Crippen LogP contribution in [0.3, 0.4) is 0 Å². The van der Waals surface area contributed by atoms with Crippen molar-refractivity contribution < 1.29 is 18.1 Å². The average molecular weight is 314 g/mol. The Morgan fingerprint density at radius 1 is 1.48 bits per heavy atom. The zero-order chi connectivity index (χ0) is 15.5. The van der Waals surface area contributed by atoms with Crippen LogP contribution in [0, 0.1) is 10.1 Å². The molecule has 8 heteroatoms. The van der Waals surface area contributed by atoms with Gasteiger partial charge in [0.25, 0.3) is 0 Å². The minimum absolute atomic E-state index is 0.0923. The third-order valence-electron chi connectivity index (χ3n) is 3.60. The zero-order valence-electron chi connectivity index (χ0n) is 11.7. The van der Waals surface area contributed by atoms with Crippen molar-refractivity contribution in [2.24, 2.45) is 0 Å². The lowest BCUT2D eigenvalue weighted by atomic mass is 10.2. The first kappa shape index (κ1) is 15.7. The fraction of sp³-hybridized carbons (Fsp3) is 0.538. The summed E-state index contributed by atoms with van der Waals surface area (Å²) in [4.78, 5) is 10.4. The number of nitro benzene ring substituents is 1. The van der Waals surface area contributed by atoms with Crippen molar-refractivity contribution >= 4 is 15.5 Å². The van der Waals surface area contributed by atoms with Crippen molar-refractivity contribution in [3.63, 3.8) is 0 Å². The summed E-state index contributed by atoms with van der Waals surface area (Å²) >= 11 is 0. The Morgan fingerprint density at radius 2 is 2.24 bits per heavy atom. The lowest BCUT2D eigenvalue weighted by molar-refractivity contribution is -0.385. The van der Waals surface area contributed by atoms with E-state index in [4.69, 9.17) is 4.74 Å². The van der Waals surface area contributed by atoms with E-state index in [2.05, 4.69) is 5.32 Å². The van der Waals surface area contributed by atoms with Gasteiger partial charge < -0.3 is 10.1 Å². The summed E-state index contributed by atoms with van der Waals surface area (Å²) < 4.78 is 28.3. The number of nitro groups is 1. The van der Waals surface area contributed by atoms with Crippen LogP contribution in [0.5, 0.6) is 5.75 Å². The summed E-state index contributed by atoms with van der Waals surface area (Å²) in [6.45, 7) is 0.763. The highest BCUT2D eigenvalue weighted by atomic mass is 32.2. The maximum atomic E-state index is 11.7. The molecule has 0 aromatic heterocycles. The summed E-state index contributed by atoms with van der Waals surface area (Å²) in [7, 11) is -1.58. The van der Waals surface area contributed by atoms with Crippen LogP contribution >= 0.6 is 0 Å². The molecule has 1 aliphatic heterocycles. The molecule has 1 aromatic rings. The Hall–Kier alpha value is -1.67. The van der Waals surface area contributed by atoms with Gasteiger partial charge >= 0.3 is 5.69 Å². The number of methoxy groups -OCH3 is 1. The molecule has 1 saturated heterocycles. The van der Waals surface area contributed by atoms with Crippen molar-refractivity contribution in [2.75, 3.05) is 19.4 Å². The van der Waals surface area contributed by atoms with Crippen LogP contribution in [-0.4, -0.2) is 38.0 Å². The van der Waals surface area contributed by atoms with Crippen LogP contribution in [-0.2, 0) is 16.4 Å². The highest BCUT2D eigenvalue weighted by molar-refractivity contribution is 7.92. The molecule has 1 atom stereocenters. The van der Waals surface area contributed by atoms with Crippen molar-refractivity contribution in [3.05, 3.63) is 33.9 Å². The largest absolute Gasteiger partial charge is 0.490 e. The minimum Gasteiger partial charge on any atom is -0.490 e. The molecular formula is C13H18N2O5S. The second-order valence-corrected chi connectivity index (χ2v) is 7.43. The summed E-state index contributed by atoms with van der Waals surface area (Å²) in [5.41, 5.74) is 0.628. The van der Waals surface area contributed by atoms with Crippen molar-refractivity contribution in [2.45, 2.75) is 24.6 Å². The first-order chi connectivity index (χ1) is 9.94. The normalized spacial score (nSPS) is 20.3. The van der Waals surface area contributed by atoms with E-state index < -0.39 is 14.8 Å².